The molecule has 0 spiro atoms. The third-order valence-electron chi connectivity index (χ3n) is 2.99. The fraction of sp³-hybridized carbons (Fsp3) is 0.462. The minimum absolute atomic E-state index is 0.0954. The zero-order valence-corrected chi connectivity index (χ0v) is 11.2. The maximum absolute atomic E-state index is 11.2. The van der Waals surface area contributed by atoms with E-state index in [9.17, 15) is 9.90 Å². The summed E-state index contributed by atoms with van der Waals surface area (Å²) in [7, 11) is 0. The van der Waals surface area contributed by atoms with Crippen molar-refractivity contribution < 1.29 is 14.6 Å². The lowest BCUT2D eigenvalue weighted by Gasteiger charge is -2.25. The smallest absolute Gasteiger partial charge is 0.308 e. The van der Waals surface area contributed by atoms with Gasteiger partial charge in [0.1, 0.15) is 6.10 Å². The Kier molecular flexibility index (Phi) is 4.49. The van der Waals surface area contributed by atoms with Crippen molar-refractivity contribution in [3.63, 3.8) is 0 Å². The van der Waals surface area contributed by atoms with Gasteiger partial charge in [-0.3, -0.25) is 4.79 Å². The zero-order chi connectivity index (χ0) is 13.1. The molecule has 0 radical (unpaired) electrons. The molecule has 0 aliphatic carbocycles. The Hall–Kier alpha value is -0.770. The molecule has 1 heterocycles. The van der Waals surface area contributed by atoms with Gasteiger partial charge in [-0.25, -0.2) is 0 Å². The van der Waals surface area contributed by atoms with Crippen molar-refractivity contribution in [2.24, 2.45) is 0 Å². The molecule has 1 aromatic carbocycles. The molecule has 1 aliphatic heterocycles. The lowest BCUT2D eigenvalue weighted by molar-refractivity contribution is -0.160. The molecule has 0 saturated carbocycles. The Bertz CT molecular complexity index is 448. The van der Waals surface area contributed by atoms with Crippen LogP contribution in [0.1, 0.15) is 24.8 Å². The predicted octanol–water partition coefficient (Wildman–Crippen LogP) is 2.99. The Balaban J connectivity index is 1.93. The van der Waals surface area contributed by atoms with Gasteiger partial charge in [0.15, 0.2) is 0 Å². The molecule has 5 heteroatoms. The average Bonchev–Trinajstić information content (AvgIpc) is 2.26. The van der Waals surface area contributed by atoms with E-state index in [0.29, 0.717) is 29.3 Å². The highest BCUT2D eigenvalue weighted by molar-refractivity contribution is 6.35. The zero-order valence-electron chi connectivity index (χ0n) is 9.73. The number of benzene rings is 1. The number of rotatable bonds is 3. The number of halogens is 2. The molecule has 0 aromatic heterocycles. The fourth-order valence-electron chi connectivity index (χ4n) is 2.08. The molecule has 98 valence electrons. The first kappa shape index (κ1) is 13.7. The molecule has 1 aromatic rings. The van der Waals surface area contributed by atoms with Crippen molar-refractivity contribution in [3.8, 4) is 0 Å². The SMILES string of the molecule is O=C1C[C@H](O)C[C@H](CCc2ccc(Cl)cc2Cl)O1. The summed E-state index contributed by atoms with van der Waals surface area (Å²) in [6, 6.07) is 5.34. The van der Waals surface area contributed by atoms with Crippen LogP contribution in [0.15, 0.2) is 18.2 Å². The van der Waals surface area contributed by atoms with Crippen molar-refractivity contribution in [2.45, 2.75) is 37.9 Å². The van der Waals surface area contributed by atoms with Crippen LogP contribution in [0.5, 0.6) is 0 Å². The number of aryl methyl sites for hydroxylation is 1. The number of aliphatic hydroxyl groups excluding tert-OH is 1. The van der Waals surface area contributed by atoms with Gasteiger partial charge in [0.2, 0.25) is 0 Å². The van der Waals surface area contributed by atoms with Crippen LogP contribution in [-0.2, 0) is 16.0 Å². The van der Waals surface area contributed by atoms with Crippen LogP contribution in [0, 0.1) is 0 Å². The Morgan fingerprint density at radius 2 is 2.17 bits per heavy atom. The van der Waals surface area contributed by atoms with E-state index < -0.39 is 6.10 Å². The van der Waals surface area contributed by atoms with Crippen molar-refractivity contribution in [2.75, 3.05) is 0 Å². The van der Waals surface area contributed by atoms with Gasteiger partial charge in [0.25, 0.3) is 0 Å². The molecule has 2 atom stereocenters. The van der Waals surface area contributed by atoms with Gasteiger partial charge in [-0.15, -0.1) is 0 Å². The highest BCUT2D eigenvalue weighted by Gasteiger charge is 2.26. The minimum Gasteiger partial charge on any atom is -0.462 e. The number of carbonyl (C=O) groups excluding carboxylic acids is 1. The summed E-state index contributed by atoms with van der Waals surface area (Å²) in [5.74, 6) is -0.332. The largest absolute Gasteiger partial charge is 0.462 e. The summed E-state index contributed by atoms with van der Waals surface area (Å²) in [6.07, 6.45) is 1.13. The first-order valence-electron chi connectivity index (χ1n) is 5.86. The van der Waals surface area contributed by atoms with Gasteiger partial charge in [-0.1, -0.05) is 29.3 Å². The number of carbonyl (C=O) groups is 1. The number of hydrogen-bond acceptors (Lipinski definition) is 3. The van der Waals surface area contributed by atoms with E-state index in [-0.39, 0.29) is 18.5 Å². The molecule has 0 bridgehead atoms. The second-order valence-corrected chi connectivity index (χ2v) is 5.32. The molecular formula is C13H14Cl2O3. The molecule has 1 fully saturated rings. The van der Waals surface area contributed by atoms with Crippen molar-refractivity contribution >= 4 is 29.2 Å². The van der Waals surface area contributed by atoms with Crippen LogP contribution < -0.4 is 0 Å². The van der Waals surface area contributed by atoms with Gasteiger partial charge in [-0.05, 0) is 30.5 Å². The molecule has 1 aliphatic rings. The normalized spacial score (nSPS) is 23.8. The Morgan fingerprint density at radius 1 is 1.39 bits per heavy atom. The standard InChI is InChI=1S/C13H14Cl2O3/c14-9-3-1-8(12(15)5-9)2-4-11-6-10(16)7-13(17)18-11/h1,3,5,10-11,16H,2,4,6-7H2/t10-,11+/m1/s1. The first-order valence-corrected chi connectivity index (χ1v) is 6.61. The van der Waals surface area contributed by atoms with Crippen LogP contribution >= 0.6 is 23.2 Å². The van der Waals surface area contributed by atoms with Gasteiger partial charge in [-0.2, -0.15) is 0 Å². The van der Waals surface area contributed by atoms with E-state index in [1.54, 1.807) is 12.1 Å². The number of hydrogen-bond donors (Lipinski definition) is 1. The Morgan fingerprint density at radius 3 is 2.83 bits per heavy atom. The molecule has 1 saturated heterocycles. The lowest BCUT2D eigenvalue weighted by Crippen LogP contribution is -2.32. The second kappa shape index (κ2) is 5.91. The maximum atomic E-state index is 11.2. The molecule has 0 unspecified atom stereocenters. The van der Waals surface area contributed by atoms with Crippen LogP contribution in [0.3, 0.4) is 0 Å². The average molecular weight is 289 g/mol. The molecule has 18 heavy (non-hydrogen) atoms. The number of aliphatic hydroxyl groups is 1. The van der Waals surface area contributed by atoms with Crippen molar-refractivity contribution in [3.05, 3.63) is 33.8 Å². The summed E-state index contributed by atoms with van der Waals surface area (Å²) < 4.78 is 5.17. The van der Waals surface area contributed by atoms with Gasteiger partial charge in [0, 0.05) is 16.5 Å². The van der Waals surface area contributed by atoms with Crippen LogP contribution in [-0.4, -0.2) is 23.3 Å². The Labute approximate surface area is 116 Å². The third kappa shape index (κ3) is 3.61. The highest BCUT2D eigenvalue weighted by Crippen LogP contribution is 2.25. The topological polar surface area (TPSA) is 46.5 Å². The van der Waals surface area contributed by atoms with Gasteiger partial charge in [0.05, 0.1) is 12.5 Å². The van der Waals surface area contributed by atoms with E-state index in [1.165, 1.54) is 0 Å². The monoisotopic (exact) mass is 288 g/mol. The molecule has 0 amide bonds. The van der Waals surface area contributed by atoms with Gasteiger partial charge < -0.3 is 9.84 Å². The molecule has 1 N–H and O–H groups in total. The van der Waals surface area contributed by atoms with Crippen molar-refractivity contribution in [1.29, 1.82) is 0 Å². The minimum atomic E-state index is -0.586. The van der Waals surface area contributed by atoms with E-state index in [2.05, 4.69) is 0 Å². The van der Waals surface area contributed by atoms with E-state index >= 15 is 0 Å². The predicted molar refractivity (Wildman–Crippen MR) is 69.9 cm³/mol. The van der Waals surface area contributed by atoms with Crippen LogP contribution in [0.2, 0.25) is 10.0 Å². The van der Waals surface area contributed by atoms with E-state index in [1.807, 2.05) is 6.07 Å². The number of ether oxygens (including phenoxy) is 1. The van der Waals surface area contributed by atoms with Crippen molar-refractivity contribution in [1.82, 2.24) is 0 Å². The van der Waals surface area contributed by atoms with Crippen LogP contribution in [0.4, 0.5) is 0 Å². The highest BCUT2D eigenvalue weighted by atomic mass is 35.5. The quantitative estimate of drug-likeness (QED) is 0.870. The summed E-state index contributed by atoms with van der Waals surface area (Å²) in [6.45, 7) is 0. The number of cyclic esters (lactones) is 1. The second-order valence-electron chi connectivity index (χ2n) is 4.48. The maximum Gasteiger partial charge on any atom is 0.308 e. The van der Waals surface area contributed by atoms with E-state index in [4.69, 9.17) is 27.9 Å². The van der Waals surface area contributed by atoms with E-state index in [0.717, 1.165) is 5.56 Å². The molecular weight excluding hydrogens is 275 g/mol. The number of esters is 1. The molecule has 2 rings (SSSR count). The fourth-order valence-corrected chi connectivity index (χ4v) is 2.58. The lowest BCUT2D eigenvalue weighted by atomic mass is 9.99. The summed E-state index contributed by atoms with van der Waals surface area (Å²) in [5.41, 5.74) is 0.970. The third-order valence-corrected chi connectivity index (χ3v) is 3.57. The summed E-state index contributed by atoms with van der Waals surface area (Å²) >= 11 is 11.9. The first-order chi connectivity index (χ1) is 8.54. The summed E-state index contributed by atoms with van der Waals surface area (Å²) in [4.78, 5) is 11.2. The van der Waals surface area contributed by atoms with Gasteiger partial charge >= 0.3 is 5.97 Å². The van der Waals surface area contributed by atoms with Crippen LogP contribution in [0.25, 0.3) is 0 Å². The molecule has 3 nitrogen and oxygen atoms in total. The summed E-state index contributed by atoms with van der Waals surface area (Å²) in [5, 5.41) is 10.7.